The minimum Gasteiger partial charge on any atom is -0.321 e. The van der Waals surface area contributed by atoms with Crippen molar-refractivity contribution in [3.63, 3.8) is 0 Å². The Morgan fingerprint density at radius 2 is 2.30 bits per heavy atom. The maximum atomic E-state index is 12.5. The second-order valence-electron chi connectivity index (χ2n) is 5.26. The average Bonchev–Trinajstić information content (AvgIpc) is 3.12. The normalized spacial score (nSPS) is 13.9. The molecular formula is C13H14F3N5OS. The fraction of sp³-hybridized carbons (Fsp3) is 0.462. The molecule has 2 amide bonds. The summed E-state index contributed by atoms with van der Waals surface area (Å²) in [4.78, 5) is 16.8. The number of carbonyl (C=O) groups is 1. The van der Waals surface area contributed by atoms with Gasteiger partial charge in [-0.25, -0.2) is 9.78 Å². The highest BCUT2D eigenvalue weighted by Crippen LogP contribution is 2.30. The number of halogens is 3. The minimum absolute atomic E-state index is 0.000145. The van der Waals surface area contributed by atoms with E-state index in [0.717, 1.165) is 41.8 Å². The molecule has 10 heteroatoms. The Kier molecular flexibility index (Phi) is 4.00. The van der Waals surface area contributed by atoms with Crippen LogP contribution in [0.3, 0.4) is 0 Å². The van der Waals surface area contributed by atoms with E-state index >= 15 is 0 Å². The van der Waals surface area contributed by atoms with Crippen molar-refractivity contribution >= 4 is 23.2 Å². The van der Waals surface area contributed by atoms with Gasteiger partial charge in [-0.15, -0.1) is 11.3 Å². The fourth-order valence-electron chi connectivity index (χ4n) is 2.31. The number of rotatable bonds is 3. The van der Waals surface area contributed by atoms with Crippen LogP contribution < -0.4 is 5.32 Å². The van der Waals surface area contributed by atoms with Crippen LogP contribution in [0, 0.1) is 0 Å². The van der Waals surface area contributed by atoms with Gasteiger partial charge in [0.15, 0.2) is 11.5 Å². The van der Waals surface area contributed by atoms with Crippen LogP contribution in [0.2, 0.25) is 0 Å². The summed E-state index contributed by atoms with van der Waals surface area (Å²) in [5, 5.41) is 8.06. The first-order chi connectivity index (χ1) is 10.8. The van der Waals surface area contributed by atoms with Gasteiger partial charge in [0.2, 0.25) is 0 Å². The first-order valence-corrected chi connectivity index (χ1v) is 7.81. The summed E-state index contributed by atoms with van der Waals surface area (Å²) in [6.45, 7) is 0.834. The molecule has 3 heterocycles. The smallest absolute Gasteiger partial charge is 0.321 e. The van der Waals surface area contributed by atoms with Crippen LogP contribution in [-0.4, -0.2) is 32.7 Å². The van der Waals surface area contributed by atoms with Gasteiger partial charge in [-0.2, -0.15) is 18.3 Å². The molecule has 0 saturated heterocycles. The van der Waals surface area contributed by atoms with Crippen LogP contribution in [0.4, 0.5) is 23.8 Å². The Bertz CT molecular complexity index is 702. The molecule has 0 saturated carbocycles. The molecule has 23 heavy (non-hydrogen) atoms. The standard InChI is InChI=1S/C13H14F3N5OS/c1-20(6-11-17-9(7-23-11)13(14,15)16)12(22)18-10-5-8-3-2-4-21(8)19-10/h5,7H,2-4,6H2,1H3,(H,18,19,22). The van der Waals surface area contributed by atoms with E-state index < -0.39 is 17.9 Å². The molecule has 0 atom stereocenters. The lowest BCUT2D eigenvalue weighted by atomic mass is 10.3. The summed E-state index contributed by atoms with van der Waals surface area (Å²) in [6, 6.07) is 1.37. The number of alkyl halides is 3. The summed E-state index contributed by atoms with van der Waals surface area (Å²) < 4.78 is 39.4. The predicted molar refractivity (Wildman–Crippen MR) is 78.1 cm³/mol. The number of anilines is 1. The van der Waals surface area contributed by atoms with Crippen molar-refractivity contribution in [3.05, 3.63) is 27.8 Å². The maximum absolute atomic E-state index is 12.5. The molecule has 0 unspecified atom stereocenters. The second kappa shape index (κ2) is 5.84. The molecule has 0 radical (unpaired) electrons. The molecule has 1 aliphatic heterocycles. The van der Waals surface area contributed by atoms with Crippen molar-refractivity contribution < 1.29 is 18.0 Å². The summed E-state index contributed by atoms with van der Waals surface area (Å²) in [7, 11) is 1.49. The third kappa shape index (κ3) is 3.46. The van der Waals surface area contributed by atoms with Gasteiger partial charge in [0, 0.05) is 30.7 Å². The second-order valence-corrected chi connectivity index (χ2v) is 6.20. The number of aryl methyl sites for hydroxylation is 2. The Balaban J connectivity index is 1.60. The van der Waals surface area contributed by atoms with E-state index in [2.05, 4.69) is 15.4 Å². The van der Waals surface area contributed by atoms with Crippen molar-refractivity contribution in [2.75, 3.05) is 12.4 Å². The van der Waals surface area contributed by atoms with E-state index in [9.17, 15) is 18.0 Å². The first kappa shape index (κ1) is 15.8. The molecule has 3 rings (SSSR count). The average molecular weight is 345 g/mol. The van der Waals surface area contributed by atoms with Crippen molar-refractivity contribution in [1.82, 2.24) is 19.7 Å². The van der Waals surface area contributed by atoms with E-state index in [4.69, 9.17) is 0 Å². The van der Waals surface area contributed by atoms with E-state index in [1.165, 1.54) is 11.9 Å². The van der Waals surface area contributed by atoms with E-state index in [0.29, 0.717) is 5.82 Å². The quantitative estimate of drug-likeness (QED) is 0.930. The van der Waals surface area contributed by atoms with Crippen LogP contribution >= 0.6 is 11.3 Å². The number of amides is 2. The zero-order chi connectivity index (χ0) is 16.6. The molecule has 2 aromatic heterocycles. The lowest BCUT2D eigenvalue weighted by molar-refractivity contribution is -0.140. The van der Waals surface area contributed by atoms with Gasteiger partial charge < -0.3 is 4.90 Å². The molecule has 0 fully saturated rings. The van der Waals surface area contributed by atoms with Crippen molar-refractivity contribution in [3.8, 4) is 0 Å². The topological polar surface area (TPSA) is 63.1 Å². The number of hydrogen-bond acceptors (Lipinski definition) is 4. The number of fused-ring (bicyclic) bond motifs is 1. The Hall–Kier alpha value is -2.10. The Morgan fingerprint density at radius 1 is 1.52 bits per heavy atom. The van der Waals surface area contributed by atoms with E-state index in [1.807, 2.05) is 10.7 Å². The predicted octanol–water partition coefficient (Wildman–Crippen LogP) is 2.97. The van der Waals surface area contributed by atoms with E-state index in [1.54, 1.807) is 0 Å². The number of nitrogens with zero attached hydrogens (tertiary/aromatic N) is 4. The largest absolute Gasteiger partial charge is 0.434 e. The van der Waals surface area contributed by atoms with Gasteiger partial charge in [-0.05, 0) is 12.8 Å². The van der Waals surface area contributed by atoms with Crippen molar-refractivity contribution in [2.45, 2.75) is 32.1 Å². The van der Waals surface area contributed by atoms with Gasteiger partial charge in [0.25, 0.3) is 0 Å². The summed E-state index contributed by atoms with van der Waals surface area (Å²) in [6.07, 6.45) is -2.49. The molecule has 6 nitrogen and oxygen atoms in total. The first-order valence-electron chi connectivity index (χ1n) is 6.93. The van der Waals surface area contributed by atoms with E-state index in [-0.39, 0.29) is 11.6 Å². The highest BCUT2D eigenvalue weighted by Gasteiger charge is 2.33. The SMILES string of the molecule is CN(Cc1nc(C(F)(F)F)cs1)C(=O)Nc1cc2n(n1)CCC2. The molecule has 1 N–H and O–H groups in total. The molecule has 124 valence electrons. The number of aromatic nitrogens is 3. The van der Waals surface area contributed by atoms with Crippen LogP contribution in [0.1, 0.15) is 22.8 Å². The lowest BCUT2D eigenvalue weighted by Crippen LogP contribution is -2.31. The van der Waals surface area contributed by atoms with Crippen LogP contribution in [0.5, 0.6) is 0 Å². The molecule has 2 aromatic rings. The van der Waals surface area contributed by atoms with Gasteiger partial charge >= 0.3 is 12.2 Å². The molecule has 0 aliphatic carbocycles. The number of hydrogen-bond donors (Lipinski definition) is 1. The molecular weight excluding hydrogens is 331 g/mol. The third-order valence-electron chi connectivity index (χ3n) is 3.46. The summed E-state index contributed by atoms with van der Waals surface area (Å²) >= 11 is 0.875. The van der Waals surface area contributed by atoms with Crippen molar-refractivity contribution in [2.24, 2.45) is 0 Å². The summed E-state index contributed by atoms with van der Waals surface area (Å²) in [5.41, 5.74) is 0.134. The van der Waals surface area contributed by atoms with Gasteiger partial charge in [0.1, 0.15) is 5.01 Å². The maximum Gasteiger partial charge on any atom is 0.434 e. The monoisotopic (exact) mass is 345 g/mol. The third-order valence-corrected chi connectivity index (χ3v) is 4.30. The Labute approximate surface area is 133 Å². The van der Waals surface area contributed by atoms with Gasteiger partial charge in [-0.1, -0.05) is 0 Å². The van der Waals surface area contributed by atoms with Crippen LogP contribution in [0.15, 0.2) is 11.4 Å². The minimum atomic E-state index is -4.47. The highest BCUT2D eigenvalue weighted by molar-refractivity contribution is 7.09. The molecule has 0 bridgehead atoms. The number of urea groups is 1. The molecule has 0 spiro atoms. The Morgan fingerprint density at radius 3 is 2.96 bits per heavy atom. The lowest BCUT2D eigenvalue weighted by Gasteiger charge is -2.15. The van der Waals surface area contributed by atoms with Crippen molar-refractivity contribution in [1.29, 1.82) is 0 Å². The van der Waals surface area contributed by atoms with Crippen LogP contribution in [-0.2, 0) is 25.7 Å². The number of carbonyl (C=O) groups excluding carboxylic acids is 1. The van der Waals surface area contributed by atoms with Gasteiger partial charge in [-0.3, -0.25) is 10.00 Å². The van der Waals surface area contributed by atoms with Crippen LogP contribution in [0.25, 0.3) is 0 Å². The highest BCUT2D eigenvalue weighted by atomic mass is 32.1. The number of thiazole rings is 1. The molecule has 1 aliphatic rings. The molecule has 0 aromatic carbocycles. The van der Waals surface area contributed by atoms with Gasteiger partial charge in [0.05, 0.1) is 6.54 Å². The summed E-state index contributed by atoms with van der Waals surface area (Å²) in [5.74, 6) is 0.451. The number of nitrogens with one attached hydrogen (secondary N) is 1. The fourth-order valence-corrected chi connectivity index (χ4v) is 3.17. The zero-order valence-electron chi connectivity index (χ0n) is 12.2. The zero-order valence-corrected chi connectivity index (χ0v) is 13.0.